The number of carbonyl (C=O) groups excluding carboxylic acids is 1. The van der Waals surface area contributed by atoms with Crippen molar-refractivity contribution in [1.82, 2.24) is 15.1 Å². The van der Waals surface area contributed by atoms with E-state index in [1.165, 1.54) is 0 Å². The van der Waals surface area contributed by atoms with Crippen LogP contribution in [-0.4, -0.2) is 68.8 Å². The van der Waals surface area contributed by atoms with Crippen LogP contribution >= 0.6 is 0 Å². The zero-order valence-electron chi connectivity index (χ0n) is 12.1. The molecule has 2 atom stereocenters. The maximum absolute atomic E-state index is 12.0. The first-order valence-electron chi connectivity index (χ1n) is 6.82. The molecule has 1 fully saturated rings. The second-order valence-corrected chi connectivity index (χ2v) is 5.06. The molecule has 2 amide bonds. The van der Waals surface area contributed by atoms with Crippen LogP contribution in [0.2, 0.25) is 0 Å². The van der Waals surface area contributed by atoms with Crippen molar-refractivity contribution in [1.29, 1.82) is 0 Å². The fourth-order valence-electron chi connectivity index (χ4n) is 2.62. The molecule has 5 nitrogen and oxygen atoms in total. The van der Waals surface area contributed by atoms with Gasteiger partial charge in [0.15, 0.2) is 0 Å². The third-order valence-electron chi connectivity index (χ3n) is 3.79. The summed E-state index contributed by atoms with van der Waals surface area (Å²) in [5, 5.41) is 2.87. The van der Waals surface area contributed by atoms with Crippen molar-refractivity contribution in [2.45, 2.75) is 26.3 Å². The minimum absolute atomic E-state index is 0.00819. The molecule has 18 heavy (non-hydrogen) atoms. The predicted octanol–water partition coefficient (Wildman–Crippen LogP) is 1.00. The molecular formula is C13H27N3O2. The highest BCUT2D eigenvalue weighted by atomic mass is 16.5. The van der Waals surface area contributed by atoms with Gasteiger partial charge >= 0.3 is 6.03 Å². The Morgan fingerprint density at radius 1 is 1.56 bits per heavy atom. The van der Waals surface area contributed by atoms with Crippen molar-refractivity contribution in [3.8, 4) is 0 Å². The lowest BCUT2D eigenvalue weighted by Crippen LogP contribution is -2.53. The smallest absolute Gasteiger partial charge is 0.317 e. The molecule has 0 bridgehead atoms. The number of amides is 2. The molecule has 106 valence electrons. The van der Waals surface area contributed by atoms with Gasteiger partial charge < -0.3 is 19.9 Å². The molecular weight excluding hydrogens is 230 g/mol. The Morgan fingerprint density at radius 3 is 2.83 bits per heavy atom. The Balaban J connectivity index is 2.41. The topological polar surface area (TPSA) is 44.8 Å². The number of urea groups is 1. The Bertz CT molecular complexity index is 261. The fourth-order valence-corrected chi connectivity index (χ4v) is 2.62. The normalized spacial score (nSPS) is 24.9. The molecule has 0 aliphatic carbocycles. The first kappa shape index (κ1) is 15.2. The van der Waals surface area contributed by atoms with Crippen molar-refractivity contribution in [3.63, 3.8) is 0 Å². The Hall–Kier alpha value is -0.810. The summed E-state index contributed by atoms with van der Waals surface area (Å²) in [6.45, 7) is 8.81. The third-order valence-corrected chi connectivity index (χ3v) is 3.79. The number of hydrogen-bond donors (Lipinski definition) is 1. The standard InChI is InChI=1S/C13H27N3O2/c1-5-16-8-6-12(11(2)10-16)15(3)13(17)14-7-9-18-4/h11-12H,5-10H2,1-4H3,(H,14,17)/t11-,12+/m1/s1. The van der Waals surface area contributed by atoms with Gasteiger partial charge in [-0.1, -0.05) is 13.8 Å². The van der Waals surface area contributed by atoms with E-state index in [2.05, 4.69) is 24.1 Å². The first-order chi connectivity index (χ1) is 8.60. The maximum atomic E-state index is 12.0. The van der Waals surface area contributed by atoms with Gasteiger partial charge in [0.05, 0.1) is 6.61 Å². The summed E-state index contributed by atoms with van der Waals surface area (Å²) in [4.78, 5) is 16.3. The average molecular weight is 257 g/mol. The van der Waals surface area contributed by atoms with Crippen molar-refractivity contribution < 1.29 is 9.53 Å². The third kappa shape index (κ3) is 4.14. The molecule has 0 radical (unpaired) electrons. The predicted molar refractivity (Wildman–Crippen MR) is 72.7 cm³/mol. The van der Waals surface area contributed by atoms with Crippen LogP contribution in [0.5, 0.6) is 0 Å². The van der Waals surface area contributed by atoms with Gasteiger partial charge in [-0.05, 0) is 18.9 Å². The molecule has 5 heteroatoms. The summed E-state index contributed by atoms with van der Waals surface area (Å²) < 4.78 is 4.93. The molecule has 1 N–H and O–H groups in total. The van der Waals surface area contributed by atoms with Crippen LogP contribution in [0.25, 0.3) is 0 Å². The molecule has 0 aromatic heterocycles. The van der Waals surface area contributed by atoms with Gasteiger partial charge in [-0.3, -0.25) is 0 Å². The van der Waals surface area contributed by atoms with Crippen molar-refractivity contribution >= 4 is 6.03 Å². The quantitative estimate of drug-likeness (QED) is 0.748. The van der Waals surface area contributed by atoms with E-state index in [1.54, 1.807) is 7.11 Å². The van der Waals surface area contributed by atoms with E-state index in [0.717, 1.165) is 26.1 Å². The van der Waals surface area contributed by atoms with Crippen LogP contribution in [0.15, 0.2) is 0 Å². The number of piperidine rings is 1. The van der Waals surface area contributed by atoms with E-state index >= 15 is 0 Å². The minimum Gasteiger partial charge on any atom is -0.383 e. The molecule has 0 saturated carbocycles. The molecule has 1 heterocycles. The van der Waals surface area contributed by atoms with Crippen molar-refractivity contribution in [3.05, 3.63) is 0 Å². The van der Waals surface area contributed by atoms with E-state index in [1.807, 2.05) is 11.9 Å². The number of hydrogen-bond acceptors (Lipinski definition) is 3. The molecule has 0 spiro atoms. The van der Waals surface area contributed by atoms with Gasteiger partial charge in [0, 0.05) is 39.8 Å². The van der Waals surface area contributed by atoms with Gasteiger partial charge in [-0.25, -0.2) is 4.79 Å². The van der Waals surface area contributed by atoms with Gasteiger partial charge in [0.25, 0.3) is 0 Å². The van der Waals surface area contributed by atoms with Crippen molar-refractivity contribution in [2.24, 2.45) is 5.92 Å². The SMILES string of the molecule is CCN1CC[C@H](N(C)C(=O)NCCOC)[C@H](C)C1. The minimum atomic E-state index is 0.00819. The second kappa shape index (κ2) is 7.59. The highest BCUT2D eigenvalue weighted by Crippen LogP contribution is 2.20. The molecule has 0 unspecified atom stereocenters. The average Bonchev–Trinajstić information content (AvgIpc) is 2.38. The first-order valence-corrected chi connectivity index (χ1v) is 6.82. The summed E-state index contributed by atoms with van der Waals surface area (Å²) >= 11 is 0. The monoisotopic (exact) mass is 257 g/mol. The summed E-state index contributed by atoms with van der Waals surface area (Å²) in [7, 11) is 3.53. The van der Waals surface area contributed by atoms with Gasteiger partial charge in [-0.15, -0.1) is 0 Å². The number of ether oxygens (including phenoxy) is 1. The molecule has 1 aliphatic rings. The zero-order valence-corrected chi connectivity index (χ0v) is 12.1. The number of likely N-dealkylation sites (tertiary alicyclic amines) is 1. The number of carbonyl (C=O) groups is 1. The van der Waals surface area contributed by atoms with Gasteiger partial charge in [-0.2, -0.15) is 0 Å². The Morgan fingerprint density at radius 2 is 2.28 bits per heavy atom. The summed E-state index contributed by atoms with van der Waals surface area (Å²) in [5.41, 5.74) is 0. The Labute approximate surface area is 110 Å². The van der Waals surface area contributed by atoms with Crippen molar-refractivity contribution in [2.75, 3.05) is 46.9 Å². The van der Waals surface area contributed by atoms with Crippen LogP contribution in [0.4, 0.5) is 4.79 Å². The highest BCUT2D eigenvalue weighted by Gasteiger charge is 2.30. The zero-order chi connectivity index (χ0) is 13.5. The maximum Gasteiger partial charge on any atom is 0.317 e. The number of nitrogens with one attached hydrogen (secondary N) is 1. The summed E-state index contributed by atoms with van der Waals surface area (Å²) in [6.07, 6.45) is 1.06. The molecule has 0 aromatic rings. The van der Waals surface area contributed by atoms with Crippen LogP contribution in [0.3, 0.4) is 0 Å². The summed E-state index contributed by atoms with van der Waals surface area (Å²) in [5.74, 6) is 0.525. The second-order valence-electron chi connectivity index (χ2n) is 5.06. The van der Waals surface area contributed by atoms with Crippen LogP contribution in [0.1, 0.15) is 20.3 Å². The number of rotatable bonds is 5. The van der Waals surface area contributed by atoms with E-state index in [-0.39, 0.29) is 6.03 Å². The fraction of sp³-hybridized carbons (Fsp3) is 0.923. The lowest BCUT2D eigenvalue weighted by molar-refractivity contribution is 0.0952. The van der Waals surface area contributed by atoms with E-state index < -0.39 is 0 Å². The van der Waals surface area contributed by atoms with E-state index in [0.29, 0.717) is 25.1 Å². The summed E-state index contributed by atoms with van der Waals surface area (Å²) in [6, 6.07) is 0.351. The van der Waals surface area contributed by atoms with Gasteiger partial charge in [0.1, 0.15) is 0 Å². The van der Waals surface area contributed by atoms with Crippen LogP contribution in [0, 0.1) is 5.92 Å². The number of methoxy groups -OCH3 is 1. The van der Waals surface area contributed by atoms with Gasteiger partial charge in [0.2, 0.25) is 0 Å². The molecule has 1 aliphatic heterocycles. The highest BCUT2D eigenvalue weighted by molar-refractivity contribution is 5.74. The molecule has 1 saturated heterocycles. The lowest BCUT2D eigenvalue weighted by atomic mass is 9.93. The lowest BCUT2D eigenvalue weighted by Gasteiger charge is -2.40. The molecule has 0 aromatic carbocycles. The Kier molecular flexibility index (Phi) is 6.43. The van der Waals surface area contributed by atoms with Crippen LogP contribution in [-0.2, 0) is 4.74 Å². The number of nitrogens with zero attached hydrogens (tertiary/aromatic N) is 2. The molecule has 1 rings (SSSR count). The van der Waals surface area contributed by atoms with Crippen LogP contribution < -0.4 is 5.32 Å². The van der Waals surface area contributed by atoms with E-state index in [9.17, 15) is 4.79 Å². The largest absolute Gasteiger partial charge is 0.383 e. The van der Waals surface area contributed by atoms with E-state index in [4.69, 9.17) is 4.74 Å².